The molecule has 0 spiro atoms. The van der Waals surface area contributed by atoms with E-state index in [9.17, 15) is 51.1 Å². The number of rotatable bonds is 7. The fourth-order valence-corrected chi connectivity index (χ4v) is 3.99. The lowest BCUT2D eigenvalue weighted by Gasteiger charge is -2.46. The molecule has 3 heterocycles. The number of hydrogen-bond donors (Lipinski definition) is 11. The molecule has 0 saturated carbocycles. The fraction of sp³-hybridized carbons (Fsp3) is 1.00. The summed E-state index contributed by atoms with van der Waals surface area (Å²) in [6, 6.07) is -1.32. The molecular weight excluding hydrogens is 470 g/mol. The minimum absolute atomic E-state index is 0.584. The fourth-order valence-electron chi connectivity index (χ4n) is 3.99. The van der Waals surface area contributed by atoms with Crippen LogP contribution in [0.3, 0.4) is 0 Å². The molecule has 0 aromatic heterocycles. The molecule has 3 rings (SSSR count). The van der Waals surface area contributed by atoms with Gasteiger partial charge in [-0.15, -0.1) is 0 Å². The third kappa shape index (κ3) is 5.52. The normalized spacial score (nSPS) is 52.5. The van der Waals surface area contributed by atoms with Crippen LogP contribution in [0.4, 0.5) is 0 Å². The number of aliphatic hydroxyl groups is 10. The predicted molar refractivity (Wildman–Crippen MR) is 103 cm³/mol. The maximum absolute atomic E-state index is 10.3. The van der Waals surface area contributed by atoms with Crippen molar-refractivity contribution in [3.63, 3.8) is 0 Å². The van der Waals surface area contributed by atoms with Crippen LogP contribution in [0.15, 0.2) is 0 Å². The first kappa shape index (κ1) is 27.9. The minimum Gasteiger partial charge on any atom is -0.394 e. The van der Waals surface area contributed by atoms with Crippen molar-refractivity contribution >= 4 is 0 Å². The maximum atomic E-state index is 10.3. The zero-order valence-corrected chi connectivity index (χ0v) is 17.9. The number of hydrogen-bond acceptors (Lipinski definition) is 16. The number of nitrogens with two attached hydrogens (primary N) is 1. The highest BCUT2D eigenvalue weighted by Gasteiger charge is 2.50. The number of aliphatic hydroxyl groups excluding tert-OH is 10. The van der Waals surface area contributed by atoms with Gasteiger partial charge in [-0.05, 0) is 0 Å². The van der Waals surface area contributed by atoms with Crippen molar-refractivity contribution in [3.05, 3.63) is 0 Å². The second-order valence-electron chi connectivity index (χ2n) is 8.46. The Morgan fingerprint density at radius 1 is 0.588 bits per heavy atom. The van der Waals surface area contributed by atoms with Gasteiger partial charge in [0.1, 0.15) is 67.1 Å². The largest absolute Gasteiger partial charge is 0.394 e. The molecule has 3 aliphatic heterocycles. The van der Waals surface area contributed by atoms with Crippen molar-refractivity contribution in [2.45, 2.75) is 92.1 Å². The van der Waals surface area contributed by atoms with Crippen LogP contribution in [0.25, 0.3) is 0 Å². The summed E-state index contributed by atoms with van der Waals surface area (Å²) in [5, 5.41) is 99.3. The lowest BCUT2D eigenvalue weighted by molar-refractivity contribution is -0.354. The second kappa shape index (κ2) is 11.6. The summed E-state index contributed by atoms with van der Waals surface area (Å²) in [5.74, 6) is 0. The number of ether oxygens (including phenoxy) is 5. The first-order chi connectivity index (χ1) is 16.0. The molecule has 12 N–H and O–H groups in total. The Kier molecular flexibility index (Phi) is 9.54. The zero-order valence-electron chi connectivity index (χ0n) is 17.9. The molecule has 0 aromatic carbocycles. The van der Waals surface area contributed by atoms with Gasteiger partial charge in [0.2, 0.25) is 0 Å². The molecule has 200 valence electrons. The van der Waals surface area contributed by atoms with Crippen molar-refractivity contribution < 1.29 is 74.7 Å². The third-order valence-electron chi connectivity index (χ3n) is 6.15. The van der Waals surface area contributed by atoms with E-state index in [4.69, 9.17) is 29.4 Å². The van der Waals surface area contributed by atoms with Gasteiger partial charge >= 0.3 is 0 Å². The molecule has 3 fully saturated rings. The van der Waals surface area contributed by atoms with E-state index in [-0.39, 0.29) is 0 Å². The molecule has 3 aliphatic rings. The maximum Gasteiger partial charge on any atom is 0.187 e. The van der Waals surface area contributed by atoms with E-state index in [1.807, 2.05) is 0 Å². The summed E-state index contributed by atoms with van der Waals surface area (Å²) < 4.78 is 26.5. The zero-order chi connectivity index (χ0) is 25.3. The summed E-state index contributed by atoms with van der Waals surface area (Å²) in [5.41, 5.74) is 5.64. The van der Waals surface area contributed by atoms with Crippen LogP contribution in [-0.4, -0.2) is 163 Å². The van der Waals surface area contributed by atoms with Crippen LogP contribution in [0.2, 0.25) is 0 Å². The highest BCUT2D eigenvalue weighted by atomic mass is 16.7. The average molecular weight is 503 g/mol. The lowest BCUT2D eigenvalue weighted by atomic mass is 9.96. The minimum atomic E-state index is -1.83. The molecule has 0 aromatic rings. The molecule has 0 aliphatic carbocycles. The Hall–Kier alpha value is -0.640. The molecule has 34 heavy (non-hydrogen) atoms. The molecule has 15 atom stereocenters. The van der Waals surface area contributed by atoms with Crippen molar-refractivity contribution in [1.82, 2.24) is 0 Å². The summed E-state index contributed by atoms with van der Waals surface area (Å²) in [4.78, 5) is 0. The third-order valence-corrected chi connectivity index (χ3v) is 6.15. The summed E-state index contributed by atoms with van der Waals surface area (Å²) in [7, 11) is 0. The first-order valence-electron chi connectivity index (χ1n) is 10.7. The van der Waals surface area contributed by atoms with Crippen molar-refractivity contribution in [2.24, 2.45) is 5.73 Å². The average Bonchev–Trinajstić information content (AvgIpc) is 2.82. The Morgan fingerprint density at radius 2 is 1.12 bits per heavy atom. The van der Waals surface area contributed by atoms with E-state index in [1.54, 1.807) is 0 Å². The molecule has 0 amide bonds. The van der Waals surface area contributed by atoms with E-state index < -0.39 is 112 Å². The summed E-state index contributed by atoms with van der Waals surface area (Å²) >= 11 is 0. The van der Waals surface area contributed by atoms with Crippen LogP contribution >= 0.6 is 0 Å². The second-order valence-corrected chi connectivity index (χ2v) is 8.46. The van der Waals surface area contributed by atoms with Crippen LogP contribution in [0.5, 0.6) is 0 Å². The van der Waals surface area contributed by atoms with Crippen LogP contribution < -0.4 is 5.73 Å². The van der Waals surface area contributed by atoms with Gasteiger partial charge in [-0.2, -0.15) is 0 Å². The predicted octanol–water partition coefficient (Wildman–Crippen LogP) is -7.61. The molecular formula is C18H33NO15. The summed E-state index contributed by atoms with van der Waals surface area (Å²) in [6.07, 6.45) is -22.1. The van der Waals surface area contributed by atoms with Gasteiger partial charge in [-0.3, -0.25) is 0 Å². The highest BCUT2D eigenvalue weighted by Crippen LogP contribution is 2.29. The van der Waals surface area contributed by atoms with Crippen LogP contribution in [0.1, 0.15) is 0 Å². The highest BCUT2D eigenvalue weighted by molar-refractivity contribution is 4.95. The topological polar surface area (TPSA) is 274 Å². The Labute approximate surface area is 193 Å². The van der Waals surface area contributed by atoms with E-state index in [2.05, 4.69) is 0 Å². The van der Waals surface area contributed by atoms with E-state index in [0.29, 0.717) is 0 Å². The van der Waals surface area contributed by atoms with Gasteiger partial charge < -0.3 is 80.5 Å². The molecule has 16 nitrogen and oxygen atoms in total. The summed E-state index contributed by atoms with van der Waals surface area (Å²) in [6.45, 7) is -1.98. The van der Waals surface area contributed by atoms with Gasteiger partial charge in [-0.25, -0.2) is 0 Å². The van der Waals surface area contributed by atoms with Crippen molar-refractivity contribution in [2.75, 3.05) is 19.8 Å². The van der Waals surface area contributed by atoms with Gasteiger partial charge in [-0.1, -0.05) is 0 Å². The van der Waals surface area contributed by atoms with Gasteiger partial charge in [0, 0.05) is 0 Å². The monoisotopic (exact) mass is 503 g/mol. The van der Waals surface area contributed by atoms with E-state index in [0.717, 1.165) is 0 Å². The quantitative estimate of drug-likeness (QED) is 0.154. The smallest absolute Gasteiger partial charge is 0.187 e. The SMILES string of the molecule is N[C@@H]1[C@@H](O)[C@H](O[C@H]2O[C@H](CO[C@H]3O[C@H](CO)[C@@H](O)[C@H](O)[C@@H]3O)[C@@H](O)[C@H](O)[C@@H]2O)[C@@H](CO)O[C@@H]1O. The van der Waals surface area contributed by atoms with Crippen molar-refractivity contribution in [3.8, 4) is 0 Å². The lowest BCUT2D eigenvalue weighted by Crippen LogP contribution is -2.66. The Bertz CT molecular complexity index is 642. The molecule has 16 heteroatoms. The molecule has 0 bridgehead atoms. The van der Waals surface area contributed by atoms with Crippen LogP contribution in [-0.2, 0) is 23.7 Å². The van der Waals surface area contributed by atoms with Gasteiger partial charge in [0.05, 0.1) is 25.9 Å². The molecule has 0 radical (unpaired) electrons. The Balaban J connectivity index is 1.66. The van der Waals surface area contributed by atoms with E-state index in [1.165, 1.54) is 0 Å². The molecule has 0 unspecified atom stereocenters. The standard InChI is InChI=1S/C18H33NO15/c19-7-10(24)15(5(2-21)31-16(7)29)34-18-14(28)12(26)9(23)6(33-18)3-30-17-13(27)11(25)8(22)4(1-20)32-17/h4-18,20-29H,1-3,19H2/t4-,5-,6-,7-,8-,9-,10-,11+,12+,13+,14+,15-,16+,17+,18-/m1/s1. The first-order valence-corrected chi connectivity index (χ1v) is 10.7. The van der Waals surface area contributed by atoms with Crippen molar-refractivity contribution in [1.29, 1.82) is 0 Å². The van der Waals surface area contributed by atoms with Gasteiger partial charge in [0.15, 0.2) is 18.9 Å². The van der Waals surface area contributed by atoms with E-state index >= 15 is 0 Å². The Morgan fingerprint density at radius 3 is 1.71 bits per heavy atom. The molecule has 3 saturated heterocycles. The van der Waals surface area contributed by atoms with Crippen LogP contribution in [0, 0.1) is 0 Å². The van der Waals surface area contributed by atoms with Gasteiger partial charge in [0.25, 0.3) is 0 Å².